The van der Waals surface area contributed by atoms with Crippen molar-refractivity contribution < 1.29 is 14.7 Å². The smallest absolute Gasteiger partial charge is 0.352 e. The van der Waals surface area contributed by atoms with Crippen LogP contribution in [0, 0.1) is 11.8 Å². The summed E-state index contributed by atoms with van der Waals surface area (Å²) in [6.07, 6.45) is 1.29. The predicted octanol–water partition coefficient (Wildman–Crippen LogP) is 3.41. The molecule has 5 heteroatoms. The minimum atomic E-state index is -0.971. The third-order valence-corrected chi connectivity index (χ3v) is 5.14. The summed E-state index contributed by atoms with van der Waals surface area (Å²) < 4.78 is 1.79. The van der Waals surface area contributed by atoms with Gasteiger partial charge in [0.25, 0.3) is 0 Å². The number of piperidine rings is 1. The number of hydrogen-bond acceptors (Lipinski definition) is 2. The van der Waals surface area contributed by atoms with E-state index in [0.29, 0.717) is 23.9 Å². The van der Waals surface area contributed by atoms with E-state index in [9.17, 15) is 14.7 Å². The van der Waals surface area contributed by atoms with Gasteiger partial charge in [0, 0.05) is 36.1 Å². The van der Waals surface area contributed by atoms with Gasteiger partial charge in [0.2, 0.25) is 5.91 Å². The first-order valence-corrected chi connectivity index (χ1v) is 9.03. The molecule has 0 bridgehead atoms. The molecule has 1 aromatic carbocycles. The molecule has 2 unspecified atom stereocenters. The third kappa shape index (κ3) is 3.28. The normalized spacial score (nSPS) is 20.8. The number of aromatic carboxylic acids is 1. The van der Waals surface area contributed by atoms with E-state index in [1.165, 1.54) is 0 Å². The summed E-state index contributed by atoms with van der Waals surface area (Å²) in [4.78, 5) is 26.7. The van der Waals surface area contributed by atoms with Crippen molar-refractivity contribution in [3.05, 3.63) is 35.5 Å². The van der Waals surface area contributed by atoms with E-state index in [1.807, 2.05) is 36.1 Å². The lowest BCUT2D eigenvalue weighted by atomic mass is 9.91. The summed E-state index contributed by atoms with van der Waals surface area (Å²) in [5.74, 6) is 0.0355. The van der Waals surface area contributed by atoms with Crippen molar-refractivity contribution in [1.29, 1.82) is 0 Å². The molecule has 1 fully saturated rings. The number of amides is 1. The Kier molecular flexibility index (Phi) is 4.84. The fourth-order valence-electron chi connectivity index (χ4n) is 4.26. The number of aromatic nitrogens is 1. The maximum atomic E-state index is 12.9. The lowest BCUT2D eigenvalue weighted by Crippen LogP contribution is -2.43. The van der Waals surface area contributed by atoms with E-state index in [-0.39, 0.29) is 18.0 Å². The van der Waals surface area contributed by atoms with Gasteiger partial charge in [-0.15, -0.1) is 0 Å². The quantitative estimate of drug-likeness (QED) is 0.926. The number of fused-ring (bicyclic) bond motifs is 1. The van der Waals surface area contributed by atoms with Gasteiger partial charge in [-0.05, 0) is 31.2 Å². The molecule has 1 amide bonds. The van der Waals surface area contributed by atoms with Crippen LogP contribution in [-0.4, -0.2) is 39.5 Å². The molecule has 0 radical (unpaired) electrons. The lowest BCUT2D eigenvalue weighted by molar-refractivity contribution is -0.133. The summed E-state index contributed by atoms with van der Waals surface area (Å²) in [6, 6.07) is 7.63. The Morgan fingerprint density at radius 3 is 2.40 bits per heavy atom. The average Bonchev–Trinajstić information content (AvgIpc) is 2.88. The van der Waals surface area contributed by atoms with Crippen LogP contribution in [0.25, 0.3) is 10.9 Å². The second-order valence-corrected chi connectivity index (χ2v) is 7.32. The molecule has 2 atom stereocenters. The maximum Gasteiger partial charge on any atom is 0.352 e. The van der Waals surface area contributed by atoms with Crippen molar-refractivity contribution in [3.8, 4) is 0 Å². The van der Waals surface area contributed by atoms with Gasteiger partial charge in [-0.2, -0.15) is 0 Å². The maximum absolute atomic E-state index is 12.9. The first-order chi connectivity index (χ1) is 11.9. The number of rotatable bonds is 4. The molecule has 1 aromatic heterocycles. The minimum Gasteiger partial charge on any atom is -0.477 e. The number of aryl methyl sites for hydroxylation is 1. The summed E-state index contributed by atoms with van der Waals surface area (Å²) >= 11 is 0. The summed E-state index contributed by atoms with van der Waals surface area (Å²) in [7, 11) is 0. The molecule has 3 rings (SSSR count). The number of carbonyl (C=O) groups excluding carboxylic acids is 1. The zero-order valence-corrected chi connectivity index (χ0v) is 15.2. The topological polar surface area (TPSA) is 62.5 Å². The number of carbonyl (C=O) groups is 2. The minimum absolute atomic E-state index is 0.0277. The van der Waals surface area contributed by atoms with E-state index in [0.717, 1.165) is 30.4 Å². The molecule has 1 aliphatic heterocycles. The number of likely N-dealkylation sites (tertiary alicyclic amines) is 1. The first kappa shape index (κ1) is 17.5. The molecule has 134 valence electrons. The lowest BCUT2D eigenvalue weighted by Gasteiger charge is -2.35. The number of carboxylic acids is 1. The van der Waals surface area contributed by atoms with Crippen molar-refractivity contribution in [2.24, 2.45) is 11.8 Å². The standard InChI is InChI=1S/C20H26N2O3/c1-4-22-17-8-6-5-7-15(17)16(19(22)20(24)25)10-18(23)21-11-13(2)9-14(3)12-21/h5-8,13-14H,4,9-12H2,1-3H3,(H,24,25). The third-order valence-electron chi connectivity index (χ3n) is 5.14. The highest BCUT2D eigenvalue weighted by molar-refractivity contribution is 6.00. The number of nitrogens with zero attached hydrogens (tertiary/aromatic N) is 2. The van der Waals surface area contributed by atoms with Crippen molar-refractivity contribution in [3.63, 3.8) is 0 Å². The second-order valence-electron chi connectivity index (χ2n) is 7.32. The number of carboxylic acid groups (broad SMARTS) is 1. The monoisotopic (exact) mass is 342 g/mol. The van der Waals surface area contributed by atoms with Crippen LogP contribution >= 0.6 is 0 Å². The van der Waals surface area contributed by atoms with E-state index in [1.54, 1.807) is 4.57 Å². The Labute approximate surface area is 148 Å². The fourth-order valence-corrected chi connectivity index (χ4v) is 4.26. The van der Waals surface area contributed by atoms with E-state index < -0.39 is 5.97 Å². The summed E-state index contributed by atoms with van der Waals surface area (Å²) in [6.45, 7) is 8.35. The van der Waals surface area contributed by atoms with Crippen LogP contribution in [0.3, 0.4) is 0 Å². The van der Waals surface area contributed by atoms with Crippen molar-refractivity contribution in [2.45, 2.75) is 40.2 Å². The average molecular weight is 342 g/mol. The van der Waals surface area contributed by atoms with Crippen molar-refractivity contribution in [1.82, 2.24) is 9.47 Å². The fraction of sp³-hybridized carbons (Fsp3) is 0.500. The molecule has 1 N–H and O–H groups in total. The molecular weight excluding hydrogens is 316 g/mol. The Balaban J connectivity index is 1.99. The Morgan fingerprint density at radius 2 is 1.80 bits per heavy atom. The van der Waals surface area contributed by atoms with Crippen LogP contribution in [0.1, 0.15) is 43.2 Å². The molecular formula is C20H26N2O3. The van der Waals surface area contributed by atoms with Gasteiger partial charge < -0.3 is 14.6 Å². The van der Waals surface area contributed by atoms with Gasteiger partial charge >= 0.3 is 5.97 Å². The van der Waals surface area contributed by atoms with Crippen molar-refractivity contribution >= 4 is 22.8 Å². The van der Waals surface area contributed by atoms with Gasteiger partial charge in [0.1, 0.15) is 5.69 Å². The highest BCUT2D eigenvalue weighted by Gasteiger charge is 2.28. The molecule has 0 aliphatic carbocycles. The molecule has 1 aliphatic rings. The zero-order valence-electron chi connectivity index (χ0n) is 15.2. The van der Waals surface area contributed by atoms with Crippen LogP contribution in [-0.2, 0) is 17.8 Å². The van der Waals surface area contributed by atoms with E-state index >= 15 is 0 Å². The zero-order chi connectivity index (χ0) is 18.1. The van der Waals surface area contributed by atoms with Gasteiger partial charge in [-0.3, -0.25) is 4.79 Å². The van der Waals surface area contributed by atoms with Crippen LogP contribution in [0.15, 0.2) is 24.3 Å². The first-order valence-electron chi connectivity index (χ1n) is 9.03. The number of hydrogen-bond donors (Lipinski definition) is 1. The summed E-state index contributed by atoms with van der Waals surface area (Å²) in [5, 5.41) is 10.6. The molecule has 1 saturated heterocycles. The largest absolute Gasteiger partial charge is 0.477 e. The second kappa shape index (κ2) is 6.90. The molecule has 2 aromatic rings. The Hall–Kier alpha value is -2.30. The van der Waals surface area contributed by atoms with Gasteiger partial charge in [-0.25, -0.2) is 4.79 Å². The summed E-state index contributed by atoms with van der Waals surface area (Å²) in [5.41, 5.74) is 1.77. The van der Waals surface area contributed by atoms with Crippen LogP contribution < -0.4 is 0 Å². The SMILES string of the molecule is CCn1c(C(=O)O)c(CC(=O)N2CC(C)CC(C)C2)c2ccccc21. The molecule has 0 saturated carbocycles. The van der Waals surface area contributed by atoms with Crippen LogP contribution in [0.2, 0.25) is 0 Å². The van der Waals surface area contributed by atoms with Crippen LogP contribution in [0.4, 0.5) is 0 Å². The van der Waals surface area contributed by atoms with E-state index in [4.69, 9.17) is 0 Å². The Morgan fingerprint density at radius 1 is 1.16 bits per heavy atom. The highest BCUT2D eigenvalue weighted by atomic mass is 16.4. The molecule has 2 heterocycles. The highest BCUT2D eigenvalue weighted by Crippen LogP contribution is 2.28. The molecule has 5 nitrogen and oxygen atoms in total. The number of para-hydroxylation sites is 1. The van der Waals surface area contributed by atoms with Gasteiger partial charge in [0.15, 0.2) is 0 Å². The Bertz CT molecular complexity index is 799. The number of benzene rings is 1. The van der Waals surface area contributed by atoms with Gasteiger partial charge in [-0.1, -0.05) is 32.0 Å². The molecule has 25 heavy (non-hydrogen) atoms. The van der Waals surface area contributed by atoms with Gasteiger partial charge in [0.05, 0.1) is 6.42 Å². The van der Waals surface area contributed by atoms with Crippen LogP contribution in [0.5, 0.6) is 0 Å². The van der Waals surface area contributed by atoms with Crippen molar-refractivity contribution in [2.75, 3.05) is 13.1 Å². The van der Waals surface area contributed by atoms with E-state index in [2.05, 4.69) is 13.8 Å². The predicted molar refractivity (Wildman–Crippen MR) is 97.8 cm³/mol. The molecule has 0 spiro atoms.